The highest BCUT2D eigenvalue weighted by Crippen LogP contribution is 2.40. The van der Waals surface area contributed by atoms with E-state index in [0.29, 0.717) is 11.5 Å². The minimum atomic E-state index is 0.610. The van der Waals surface area contributed by atoms with Crippen LogP contribution in [0.25, 0.3) is 0 Å². The van der Waals surface area contributed by atoms with Crippen molar-refractivity contribution in [3.63, 3.8) is 0 Å². The molecule has 0 spiro atoms. The van der Waals surface area contributed by atoms with E-state index < -0.39 is 0 Å². The van der Waals surface area contributed by atoms with E-state index in [0.717, 1.165) is 13.1 Å². The predicted octanol–water partition coefficient (Wildman–Crippen LogP) is 2.54. The second kappa shape index (κ2) is 6.49. The first-order valence-electron chi connectivity index (χ1n) is 6.63. The molecule has 0 atom stereocenters. The zero-order valence-corrected chi connectivity index (χ0v) is 10.7. The summed E-state index contributed by atoms with van der Waals surface area (Å²) >= 11 is 0. The molecule has 1 saturated carbocycles. The lowest BCUT2D eigenvalue weighted by molar-refractivity contribution is 0.269. The summed E-state index contributed by atoms with van der Waals surface area (Å²) in [5.41, 5.74) is 0.637. The fourth-order valence-corrected chi connectivity index (χ4v) is 2.58. The Morgan fingerprint density at radius 1 is 1.13 bits per heavy atom. The van der Waals surface area contributed by atoms with E-state index in [4.69, 9.17) is 0 Å². The molecule has 0 radical (unpaired) electrons. The van der Waals surface area contributed by atoms with Crippen molar-refractivity contribution >= 4 is 0 Å². The quantitative estimate of drug-likeness (QED) is 0.634. The lowest BCUT2D eigenvalue weighted by Gasteiger charge is -2.27. The molecular weight excluding hydrogens is 184 g/mol. The molecule has 1 aliphatic carbocycles. The van der Waals surface area contributed by atoms with Crippen molar-refractivity contribution in [1.82, 2.24) is 10.6 Å². The third-order valence-electron chi connectivity index (χ3n) is 3.77. The molecule has 0 aromatic rings. The molecule has 0 amide bonds. The fraction of sp³-hybridized carbons (Fsp3) is 1.00. The summed E-state index contributed by atoms with van der Waals surface area (Å²) in [6.45, 7) is 10.2. The van der Waals surface area contributed by atoms with Crippen LogP contribution in [0.15, 0.2) is 0 Å². The maximum atomic E-state index is 3.61. The molecule has 0 saturated heterocycles. The minimum absolute atomic E-state index is 0.610. The Morgan fingerprint density at radius 3 is 2.33 bits per heavy atom. The van der Waals surface area contributed by atoms with E-state index in [1.807, 2.05) is 0 Å². The first-order valence-corrected chi connectivity index (χ1v) is 6.63. The normalized spacial score (nSPS) is 20.0. The summed E-state index contributed by atoms with van der Waals surface area (Å²) in [6, 6.07) is 0.610. The third kappa shape index (κ3) is 4.52. The Labute approximate surface area is 95.2 Å². The van der Waals surface area contributed by atoms with Gasteiger partial charge in [0, 0.05) is 25.7 Å². The zero-order valence-electron chi connectivity index (χ0n) is 10.7. The molecule has 15 heavy (non-hydrogen) atoms. The van der Waals surface area contributed by atoms with Gasteiger partial charge in [-0.2, -0.15) is 0 Å². The first kappa shape index (κ1) is 13.0. The Kier molecular flexibility index (Phi) is 5.62. The SMILES string of the molecule is CCC1(CNCCNC(C)C)CCCC1. The van der Waals surface area contributed by atoms with Gasteiger partial charge in [0.2, 0.25) is 0 Å². The van der Waals surface area contributed by atoms with Gasteiger partial charge in [-0.3, -0.25) is 0 Å². The maximum Gasteiger partial charge on any atom is 0.00790 e. The van der Waals surface area contributed by atoms with Crippen LogP contribution < -0.4 is 10.6 Å². The predicted molar refractivity (Wildman–Crippen MR) is 67.2 cm³/mol. The van der Waals surface area contributed by atoms with Crippen LogP contribution in [0, 0.1) is 5.41 Å². The van der Waals surface area contributed by atoms with Crippen LogP contribution in [0.2, 0.25) is 0 Å². The molecule has 0 heterocycles. The van der Waals surface area contributed by atoms with Crippen molar-refractivity contribution in [1.29, 1.82) is 0 Å². The molecule has 0 aromatic heterocycles. The van der Waals surface area contributed by atoms with Gasteiger partial charge < -0.3 is 10.6 Å². The molecule has 2 nitrogen and oxygen atoms in total. The van der Waals surface area contributed by atoms with E-state index >= 15 is 0 Å². The van der Waals surface area contributed by atoms with E-state index in [1.165, 1.54) is 38.6 Å². The van der Waals surface area contributed by atoms with E-state index in [2.05, 4.69) is 31.4 Å². The van der Waals surface area contributed by atoms with Crippen LogP contribution in [-0.2, 0) is 0 Å². The number of hydrogen-bond donors (Lipinski definition) is 2. The molecule has 2 N–H and O–H groups in total. The van der Waals surface area contributed by atoms with Crippen molar-refractivity contribution < 1.29 is 0 Å². The lowest BCUT2D eigenvalue weighted by Crippen LogP contribution is -2.37. The van der Waals surface area contributed by atoms with Crippen molar-refractivity contribution in [3.05, 3.63) is 0 Å². The highest BCUT2D eigenvalue weighted by molar-refractivity contribution is 4.85. The monoisotopic (exact) mass is 212 g/mol. The highest BCUT2D eigenvalue weighted by atomic mass is 15.0. The van der Waals surface area contributed by atoms with Gasteiger partial charge in [0.25, 0.3) is 0 Å². The van der Waals surface area contributed by atoms with Gasteiger partial charge in [0.05, 0.1) is 0 Å². The largest absolute Gasteiger partial charge is 0.315 e. The molecule has 0 aliphatic heterocycles. The smallest absolute Gasteiger partial charge is 0.00790 e. The van der Waals surface area contributed by atoms with Gasteiger partial charge in [-0.15, -0.1) is 0 Å². The van der Waals surface area contributed by atoms with Gasteiger partial charge >= 0.3 is 0 Å². The van der Waals surface area contributed by atoms with Crippen LogP contribution in [-0.4, -0.2) is 25.7 Å². The molecule has 1 rings (SSSR count). The van der Waals surface area contributed by atoms with E-state index in [1.54, 1.807) is 0 Å². The summed E-state index contributed by atoms with van der Waals surface area (Å²) in [4.78, 5) is 0. The third-order valence-corrected chi connectivity index (χ3v) is 3.77. The van der Waals surface area contributed by atoms with Gasteiger partial charge in [0.15, 0.2) is 0 Å². The van der Waals surface area contributed by atoms with Crippen LogP contribution in [0.4, 0.5) is 0 Å². The average Bonchev–Trinajstić information content (AvgIpc) is 2.66. The Hall–Kier alpha value is -0.0800. The van der Waals surface area contributed by atoms with Gasteiger partial charge in [-0.05, 0) is 24.7 Å². The van der Waals surface area contributed by atoms with Crippen molar-refractivity contribution in [2.75, 3.05) is 19.6 Å². The molecular formula is C13H28N2. The molecule has 0 aromatic carbocycles. The van der Waals surface area contributed by atoms with Crippen molar-refractivity contribution in [2.45, 2.75) is 58.9 Å². The van der Waals surface area contributed by atoms with Gasteiger partial charge in [-0.1, -0.05) is 33.6 Å². The van der Waals surface area contributed by atoms with E-state index in [-0.39, 0.29) is 0 Å². The number of hydrogen-bond acceptors (Lipinski definition) is 2. The number of rotatable bonds is 7. The summed E-state index contributed by atoms with van der Waals surface area (Å²) in [6.07, 6.45) is 7.11. The molecule has 1 fully saturated rings. The second-order valence-electron chi connectivity index (χ2n) is 5.35. The minimum Gasteiger partial charge on any atom is -0.315 e. The zero-order chi connectivity index (χ0) is 11.1. The molecule has 2 heteroatoms. The molecule has 0 unspecified atom stereocenters. The van der Waals surface area contributed by atoms with Crippen molar-refractivity contribution in [2.24, 2.45) is 5.41 Å². The average molecular weight is 212 g/mol. The summed E-state index contributed by atoms with van der Waals surface area (Å²) in [5, 5.41) is 7.05. The highest BCUT2D eigenvalue weighted by Gasteiger charge is 2.31. The molecule has 1 aliphatic rings. The van der Waals surface area contributed by atoms with Gasteiger partial charge in [0.1, 0.15) is 0 Å². The first-order chi connectivity index (χ1) is 7.18. The standard InChI is InChI=1S/C13H28N2/c1-4-13(7-5-6-8-13)11-14-9-10-15-12(2)3/h12,14-15H,4-11H2,1-3H3. The van der Waals surface area contributed by atoms with Crippen LogP contribution in [0.5, 0.6) is 0 Å². The summed E-state index contributed by atoms with van der Waals surface area (Å²) < 4.78 is 0. The molecule has 0 bridgehead atoms. The van der Waals surface area contributed by atoms with E-state index in [9.17, 15) is 0 Å². The Bertz CT molecular complexity index is 160. The summed E-state index contributed by atoms with van der Waals surface area (Å²) in [7, 11) is 0. The summed E-state index contributed by atoms with van der Waals surface area (Å²) in [5.74, 6) is 0. The van der Waals surface area contributed by atoms with Gasteiger partial charge in [-0.25, -0.2) is 0 Å². The topological polar surface area (TPSA) is 24.1 Å². The maximum absolute atomic E-state index is 3.61. The second-order valence-corrected chi connectivity index (χ2v) is 5.35. The Balaban J connectivity index is 2.07. The molecule has 90 valence electrons. The van der Waals surface area contributed by atoms with Crippen LogP contribution in [0.1, 0.15) is 52.9 Å². The van der Waals surface area contributed by atoms with Crippen LogP contribution in [0.3, 0.4) is 0 Å². The Morgan fingerprint density at radius 2 is 1.80 bits per heavy atom. The van der Waals surface area contributed by atoms with Crippen LogP contribution >= 0.6 is 0 Å². The number of nitrogens with one attached hydrogen (secondary N) is 2. The lowest BCUT2D eigenvalue weighted by atomic mass is 9.83. The fourth-order valence-electron chi connectivity index (χ4n) is 2.58. The van der Waals surface area contributed by atoms with Crippen molar-refractivity contribution in [3.8, 4) is 0 Å².